The number of hydrogen-bond acceptors (Lipinski definition) is 6. The van der Waals surface area contributed by atoms with E-state index in [0.717, 1.165) is 25.7 Å². The van der Waals surface area contributed by atoms with Gasteiger partial charge in [0.05, 0.1) is 11.4 Å². The summed E-state index contributed by atoms with van der Waals surface area (Å²) in [7, 11) is 0. The summed E-state index contributed by atoms with van der Waals surface area (Å²) in [5.74, 6) is -1.78. The zero-order valence-electron chi connectivity index (χ0n) is 20.1. The van der Waals surface area contributed by atoms with E-state index >= 15 is 0 Å². The fraction of sp³-hybridized carbons (Fsp3) is 0.308. The van der Waals surface area contributed by atoms with Gasteiger partial charge in [0, 0.05) is 23.2 Å². The molecule has 4 rings (SSSR count). The van der Waals surface area contributed by atoms with Crippen LogP contribution in [0.3, 0.4) is 0 Å². The number of hydrogen-bond donors (Lipinski definition) is 4. The van der Waals surface area contributed by atoms with Crippen LogP contribution in [0.1, 0.15) is 50.7 Å². The second kappa shape index (κ2) is 10.9. The summed E-state index contributed by atoms with van der Waals surface area (Å²) in [5, 5.41) is 13.7. The number of rotatable bonds is 8. The summed E-state index contributed by atoms with van der Waals surface area (Å²) in [6, 6.07) is 14.2. The van der Waals surface area contributed by atoms with Crippen molar-refractivity contribution in [3.63, 3.8) is 0 Å². The zero-order chi connectivity index (χ0) is 25.7. The Morgan fingerprint density at radius 1 is 0.667 bits per heavy atom. The number of nitrogens with zero attached hydrogens (tertiary/aromatic N) is 2. The minimum atomic E-state index is -0.977. The van der Waals surface area contributed by atoms with Gasteiger partial charge in [0.2, 0.25) is 11.8 Å². The van der Waals surface area contributed by atoms with Crippen LogP contribution in [0.25, 0.3) is 0 Å². The Kier molecular flexibility index (Phi) is 7.53. The number of carbonyl (C=O) groups is 4. The van der Waals surface area contributed by atoms with Crippen LogP contribution >= 0.6 is 0 Å². The van der Waals surface area contributed by atoms with E-state index in [9.17, 15) is 19.2 Å². The molecule has 0 spiro atoms. The molecule has 0 radical (unpaired) electrons. The minimum Gasteiger partial charge on any atom is -0.326 e. The average molecular weight is 489 g/mol. The maximum Gasteiger partial charge on any atom is 0.331 e. The van der Waals surface area contributed by atoms with Gasteiger partial charge in [-0.25, -0.2) is 10.9 Å². The van der Waals surface area contributed by atoms with Crippen LogP contribution in [0.4, 0.5) is 11.4 Å². The van der Waals surface area contributed by atoms with E-state index in [1.807, 2.05) is 0 Å². The van der Waals surface area contributed by atoms with Crippen molar-refractivity contribution in [2.24, 2.45) is 22.0 Å². The van der Waals surface area contributed by atoms with Crippen LogP contribution in [0.2, 0.25) is 0 Å². The SMILES string of the molecule is CC(=NNC(=O)C(=O)NN=C(C)c1cccc(NC(=O)C2CC2)c1)c1cccc(NC(=O)C2CC2)c1. The van der Waals surface area contributed by atoms with Gasteiger partial charge in [0.15, 0.2) is 0 Å². The first-order valence-electron chi connectivity index (χ1n) is 11.8. The summed E-state index contributed by atoms with van der Waals surface area (Å²) in [6.45, 7) is 3.36. The Bertz CT molecular complexity index is 1160. The van der Waals surface area contributed by atoms with Crippen molar-refractivity contribution >= 4 is 46.4 Å². The normalized spacial score (nSPS) is 15.6. The highest BCUT2D eigenvalue weighted by molar-refractivity contribution is 6.35. The molecule has 0 atom stereocenters. The predicted octanol–water partition coefficient (Wildman–Crippen LogP) is 2.76. The van der Waals surface area contributed by atoms with Crippen LogP contribution in [-0.2, 0) is 19.2 Å². The zero-order valence-corrected chi connectivity index (χ0v) is 20.1. The molecule has 2 aliphatic carbocycles. The lowest BCUT2D eigenvalue weighted by Gasteiger charge is -2.08. The molecule has 0 unspecified atom stereocenters. The highest BCUT2D eigenvalue weighted by atomic mass is 16.2. The molecule has 0 bridgehead atoms. The largest absolute Gasteiger partial charge is 0.331 e. The van der Waals surface area contributed by atoms with Gasteiger partial charge in [-0.3, -0.25) is 19.2 Å². The maximum absolute atomic E-state index is 12.2. The molecule has 0 aromatic heterocycles. The van der Waals surface area contributed by atoms with Crippen LogP contribution in [0, 0.1) is 11.8 Å². The van der Waals surface area contributed by atoms with Crippen LogP contribution in [0.5, 0.6) is 0 Å². The van der Waals surface area contributed by atoms with Gasteiger partial charge < -0.3 is 10.6 Å². The quantitative estimate of drug-likeness (QED) is 0.258. The van der Waals surface area contributed by atoms with Crippen molar-refractivity contribution in [3.05, 3.63) is 59.7 Å². The molecule has 2 aromatic rings. The summed E-state index contributed by atoms with van der Waals surface area (Å²) < 4.78 is 0. The molecular formula is C26H28N6O4. The molecule has 10 heteroatoms. The molecule has 2 saturated carbocycles. The van der Waals surface area contributed by atoms with Crippen molar-refractivity contribution in [2.45, 2.75) is 39.5 Å². The van der Waals surface area contributed by atoms with E-state index in [1.54, 1.807) is 62.4 Å². The van der Waals surface area contributed by atoms with E-state index < -0.39 is 11.8 Å². The van der Waals surface area contributed by atoms with Crippen LogP contribution in [-0.4, -0.2) is 35.1 Å². The van der Waals surface area contributed by atoms with Crippen LogP contribution < -0.4 is 21.5 Å². The first-order valence-corrected chi connectivity index (χ1v) is 11.8. The van der Waals surface area contributed by atoms with Crippen molar-refractivity contribution in [1.29, 1.82) is 0 Å². The smallest absolute Gasteiger partial charge is 0.326 e. The monoisotopic (exact) mass is 488 g/mol. The lowest BCUT2D eigenvalue weighted by atomic mass is 10.1. The van der Waals surface area contributed by atoms with Crippen molar-refractivity contribution in [3.8, 4) is 0 Å². The summed E-state index contributed by atoms with van der Waals surface area (Å²) in [6.07, 6.45) is 3.65. The van der Waals surface area contributed by atoms with E-state index in [4.69, 9.17) is 0 Å². The molecular weight excluding hydrogens is 460 g/mol. The summed E-state index contributed by atoms with van der Waals surface area (Å²) in [4.78, 5) is 48.2. The second-order valence-corrected chi connectivity index (χ2v) is 8.96. The molecule has 4 N–H and O–H groups in total. The Balaban J connectivity index is 1.30. The minimum absolute atomic E-state index is 0.00250. The molecule has 36 heavy (non-hydrogen) atoms. The third-order valence-electron chi connectivity index (χ3n) is 5.85. The summed E-state index contributed by atoms with van der Waals surface area (Å²) in [5.41, 5.74) is 8.01. The van der Waals surface area contributed by atoms with Gasteiger partial charge in [-0.1, -0.05) is 24.3 Å². The van der Waals surface area contributed by atoms with Gasteiger partial charge in [-0.2, -0.15) is 10.2 Å². The van der Waals surface area contributed by atoms with E-state index in [1.165, 1.54) is 0 Å². The number of carbonyl (C=O) groups excluding carboxylic acids is 4. The first-order chi connectivity index (χ1) is 17.3. The molecule has 186 valence electrons. The predicted molar refractivity (Wildman–Crippen MR) is 136 cm³/mol. The fourth-order valence-corrected chi connectivity index (χ4v) is 3.32. The lowest BCUT2D eigenvalue weighted by molar-refractivity contribution is -0.139. The van der Waals surface area contributed by atoms with E-state index in [-0.39, 0.29) is 23.7 Å². The average Bonchev–Trinajstić information content (AvgIpc) is 3.78. The highest BCUT2D eigenvalue weighted by Gasteiger charge is 2.30. The molecule has 2 fully saturated rings. The van der Waals surface area contributed by atoms with Gasteiger partial charge in [-0.15, -0.1) is 0 Å². The molecule has 10 nitrogen and oxygen atoms in total. The van der Waals surface area contributed by atoms with Gasteiger partial charge in [-0.05, 0) is 74.9 Å². The van der Waals surface area contributed by atoms with Gasteiger partial charge in [0.25, 0.3) is 0 Å². The number of amides is 4. The van der Waals surface area contributed by atoms with Gasteiger partial charge >= 0.3 is 11.8 Å². The Labute approximate surface area is 208 Å². The molecule has 0 aliphatic heterocycles. The summed E-state index contributed by atoms with van der Waals surface area (Å²) >= 11 is 0. The van der Waals surface area contributed by atoms with Crippen molar-refractivity contribution < 1.29 is 19.2 Å². The first kappa shape index (κ1) is 24.8. The Hall–Kier alpha value is -4.34. The number of hydrazone groups is 2. The third kappa shape index (κ3) is 6.84. The highest BCUT2D eigenvalue weighted by Crippen LogP contribution is 2.31. The fourth-order valence-electron chi connectivity index (χ4n) is 3.32. The van der Waals surface area contributed by atoms with E-state index in [0.29, 0.717) is 33.9 Å². The Morgan fingerprint density at radius 2 is 1.06 bits per heavy atom. The molecule has 0 saturated heterocycles. The number of nitrogens with one attached hydrogen (secondary N) is 4. The Morgan fingerprint density at radius 3 is 1.42 bits per heavy atom. The topological polar surface area (TPSA) is 141 Å². The number of benzene rings is 2. The lowest BCUT2D eigenvalue weighted by Crippen LogP contribution is -2.36. The molecule has 0 heterocycles. The van der Waals surface area contributed by atoms with Crippen LogP contribution in [0.15, 0.2) is 58.7 Å². The standard InChI is InChI=1S/C26H28N6O4/c1-15(19-5-3-7-21(13-19)27-23(33)17-9-10-17)29-31-25(35)26(36)32-30-16(2)20-6-4-8-22(14-20)28-24(34)18-11-12-18/h3-8,13-14,17-18H,9-12H2,1-2H3,(H,27,33)(H,28,34)(H,31,35)(H,32,36). The second-order valence-electron chi connectivity index (χ2n) is 8.96. The molecule has 4 amide bonds. The van der Waals surface area contributed by atoms with E-state index in [2.05, 4.69) is 31.7 Å². The maximum atomic E-state index is 12.2. The number of anilines is 2. The third-order valence-corrected chi connectivity index (χ3v) is 5.85. The van der Waals surface area contributed by atoms with Gasteiger partial charge in [0.1, 0.15) is 0 Å². The van der Waals surface area contributed by atoms with Crippen molar-refractivity contribution in [1.82, 2.24) is 10.9 Å². The molecule has 2 aromatic carbocycles. The molecule has 2 aliphatic rings. The van der Waals surface area contributed by atoms with Crippen molar-refractivity contribution in [2.75, 3.05) is 10.6 Å².